The van der Waals surface area contributed by atoms with Crippen molar-refractivity contribution in [3.05, 3.63) is 0 Å². The van der Waals surface area contributed by atoms with Crippen molar-refractivity contribution in [2.24, 2.45) is 0 Å². The molecule has 2 N–H and O–H groups in total. The van der Waals surface area contributed by atoms with E-state index in [-0.39, 0.29) is 17.8 Å². The van der Waals surface area contributed by atoms with E-state index in [1.54, 1.807) is 6.92 Å². The molecule has 0 rings (SSSR count). The van der Waals surface area contributed by atoms with Gasteiger partial charge in [0.15, 0.2) is 0 Å². The lowest BCUT2D eigenvalue weighted by Gasteiger charge is -1.99. The van der Waals surface area contributed by atoms with Gasteiger partial charge in [0.1, 0.15) is 9.84 Å². The van der Waals surface area contributed by atoms with Crippen molar-refractivity contribution in [2.45, 2.75) is 19.7 Å². The molecular weight excluding hydrogens is 167 g/mol. The second-order valence-electron chi connectivity index (χ2n) is 2.36. The summed E-state index contributed by atoms with van der Waals surface area (Å²) in [6.07, 6.45) is 0.438. The lowest BCUT2D eigenvalue weighted by molar-refractivity contribution is 0.404. The first-order chi connectivity index (χ1) is 4.98. The van der Waals surface area contributed by atoms with E-state index < -0.39 is 17.0 Å². The van der Waals surface area contributed by atoms with Crippen LogP contribution >= 0.6 is 0 Å². The van der Waals surface area contributed by atoms with Gasteiger partial charge >= 0.3 is 7.12 Å². The maximum absolute atomic E-state index is 10.8. The maximum atomic E-state index is 10.8. The third-order valence-electron chi connectivity index (χ3n) is 1.36. The van der Waals surface area contributed by atoms with Gasteiger partial charge in [-0.25, -0.2) is 8.42 Å². The van der Waals surface area contributed by atoms with E-state index in [0.717, 1.165) is 0 Å². The zero-order chi connectivity index (χ0) is 8.91. The molecule has 0 fully saturated rings. The Morgan fingerprint density at radius 2 is 1.91 bits per heavy atom. The fourth-order valence-electron chi connectivity index (χ4n) is 0.630. The highest BCUT2D eigenvalue weighted by molar-refractivity contribution is 7.91. The molecule has 0 aliphatic heterocycles. The molecule has 0 radical (unpaired) electrons. The molecule has 0 bridgehead atoms. The molecule has 11 heavy (non-hydrogen) atoms. The molecule has 4 nitrogen and oxygen atoms in total. The van der Waals surface area contributed by atoms with Crippen molar-refractivity contribution in [2.75, 3.05) is 11.5 Å². The molecule has 0 aromatic carbocycles. The highest BCUT2D eigenvalue weighted by Gasteiger charge is 2.10. The lowest BCUT2D eigenvalue weighted by Crippen LogP contribution is -2.14. The fraction of sp³-hybridized carbons (Fsp3) is 1.00. The summed E-state index contributed by atoms with van der Waals surface area (Å²) in [6, 6.07) is 0. The van der Waals surface area contributed by atoms with E-state index in [4.69, 9.17) is 10.0 Å². The Labute approximate surface area is 67.3 Å². The Hall–Kier alpha value is -0.0651. The first kappa shape index (κ1) is 10.9. The Kier molecular flexibility index (Phi) is 4.71. The second-order valence-corrected chi connectivity index (χ2v) is 4.83. The molecule has 0 unspecified atom stereocenters. The molecule has 0 aromatic rings. The number of rotatable bonds is 5. The average Bonchev–Trinajstić information content (AvgIpc) is 1.87. The molecule has 0 saturated carbocycles. The molecule has 0 aromatic heterocycles. The summed E-state index contributed by atoms with van der Waals surface area (Å²) < 4.78 is 21.6. The van der Waals surface area contributed by atoms with Gasteiger partial charge in [-0.15, -0.1) is 0 Å². The van der Waals surface area contributed by atoms with Crippen LogP contribution in [-0.2, 0) is 9.84 Å². The first-order valence-corrected chi connectivity index (χ1v) is 5.36. The van der Waals surface area contributed by atoms with Gasteiger partial charge in [-0.1, -0.05) is 6.92 Å². The summed E-state index contributed by atoms with van der Waals surface area (Å²) in [7, 11) is -4.32. The Bertz CT molecular complexity index is 187. The van der Waals surface area contributed by atoms with Crippen LogP contribution in [0.3, 0.4) is 0 Å². The van der Waals surface area contributed by atoms with Crippen LogP contribution in [0.15, 0.2) is 0 Å². The molecule has 0 saturated heterocycles. The standard InChI is InChI=1S/C5H13BO4S/c1-2-11(9,10)5-3-4-6(7)8/h7-8H,2-5H2,1H3. The molecule has 66 valence electrons. The van der Waals surface area contributed by atoms with Crippen LogP contribution < -0.4 is 0 Å². The van der Waals surface area contributed by atoms with E-state index in [1.807, 2.05) is 0 Å². The van der Waals surface area contributed by atoms with Crippen molar-refractivity contribution in [1.82, 2.24) is 0 Å². The van der Waals surface area contributed by atoms with Gasteiger partial charge < -0.3 is 10.0 Å². The van der Waals surface area contributed by atoms with Crippen LogP contribution in [0.1, 0.15) is 13.3 Å². The van der Waals surface area contributed by atoms with E-state index >= 15 is 0 Å². The zero-order valence-corrected chi connectivity index (χ0v) is 7.34. The monoisotopic (exact) mass is 180 g/mol. The van der Waals surface area contributed by atoms with Crippen LogP contribution in [0.25, 0.3) is 0 Å². The van der Waals surface area contributed by atoms with E-state index in [9.17, 15) is 8.42 Å². The van der Waals surface area contributed by atoms with Crippen LogP contribution in [0, 0.1) is 0 Å². The van der Waals surface area contributed by atoms with Crippen molar-refractivity contribution >= 4 is 17.0 Å². The first-order valence-electron chi connectivity index (χ1n) is 3.54. The van der Waals surface area contributed by atoms with Gasteiger partial charge in [0.25, 0.3) is 0 Å². The number of hydrogen-bond donors (Lipinski definition) is 2. The topological polar surface area (TPSA) is 74.6 Å². The molecule has 0 aliphatic rings. The highest BCUT2D eigenvalue weighted by Crippen LogP contribution is 1.98. The minimum absolute atomic E-state index is 0.0428. The Morgan fingerprint density at radius 3 is 2.27 bits per heavy atom. The van der Waals surface area contributed by atoms with Crippen molar-refractivity contribution < 1.29 is 18.5 Å². The summed E-state index contributed by atoms with van der Waals surface area (Å²) >= 11 is 0. The predicted octanol–water partition coefficient (Wildman–Crippen LogP) is -0.716. The van der Waals surface area contributed by atoms with E-state index in [0.29, 0.717) is 6.42 Å². The predicted molar refractivity (Wildman–Crippen MR) is 43.9 cm³/mol. The summed E-state index contributed by atoms with van der Waals surface area (Å²) in [5.41, 5.74) is 0. The molecule has 0 aliphatic carbocycles. The van der Waals surface area contributed by atoms with Crippen LogP contribution in [-0.4, -0.2) is 37.1 Å². The van der Waals surface area contributed by atoms with Gasteiger partial charge in [0.2, 0.25) is 0 Å². The van der Waals surface area contributed by atoms with Crippen LogP contribution in [0.5, 0.6) is 0 Å². The summed E-state index contributed by atoms with van der Waals surface area (Å²) in [6.45, 7) is 1.57. The van der Waals surface area contributed by atoms with E-state index in [2.05, 4.69) is 0 Å². The van der Waals surface area contributed by atoms with Crippen molar-refractivity contribution in [1.29, 1.82) is 0 Å². The minimum atomic E-state index is -2.94. The largest absolute Gasteiger partial charge is 0.451 e. The maximum Gasteiger partial charge on any atom is 0.451 e. The Balaban J connectivity index is 3.55. The molecule has 0 heterocycles. The third-order valence-corrected chi connectivity index (χ3v) is 3.15. The third kappa shape index (κ3) is 6.34. The van der Waals surface area contributed by atoms with Gasteiger partial charge in [-0.05, 0) is 12.7 Å². The molecule has 6 heteroatoms. The van der Waals surface area contributed by atoms with Gasteiger partial charge in [0.05, 0.1) is 0 Å². The lowest BCUT2D eigenvalue weighted by atomic mass is 9.85. The van der Waals surface area contributed by atoms with Gasteiger partial charge in [-0.2, -0.15) is 0 Å². The summed E-state index contributed by atoms with van der Waals surface area (Å²) in [4.78, 5) is 0. The van der Waals surface area contributed by atoms with E-state index in [1.165, 1.54) is 0 Å². The summed E-state index contributed by atoms with van der Waals surface area (Å²) in [5, 5.41) is 16.8. The fourth-order valence-corrected chi connectivity index (χ4v) is 1.53. The smallest absolute Gasteiger partial charge is 0.427 e. The van der Waals surface area contributed by atoms with Crippen LogP contribution in [0.4, 0.5) is 0 Å². The summed E-state index contributed by atoms with van der Waals surface area (Å²) in [5.74, 6) is 0.162. The Morgan fingerprint density at radius 1 is 1.36 bits per heavy atom. The SMILES string of the molecule is CCS(=O)(=O)CCCB(O)O. The quantitative estimate of drug-likeness (QED) is 0.547. The molecule has 0 atom stereocenters. The normalized spacial score (nSPS) is 11.5. The zero-order valence-electron chi connectivity index (χ0n) is 6.52. The average molecular weight is 180 g/mol. The van der Waals surface area contributed by atoms with Crippen LogP contribution in [0.2, 0.25) is 6.32 Å². The minimum Gasteiger partial charge on any atom is -0.427 e. The molecular formula is C5H13BO4S. The van der Waals surface area contributed by atoms with Gasteiger partial charge in [0, 0.05) is 11.5 Å². The van der Waals surface area contributed by atoms with Gasteiger partial charge in [-0.3, -0.25) is 0 Å². The van der Waals surface area contributed by atoms with Crippen molar-refractivity contribution in [3.63, 3.8) is 0 Å². The number of hydrogen-bond acceptors (Lipinski definition) is 4. The molecule has 0 amide bonds. The number of sulfone groups is 1. The second kappa shape index (κ2) is 4.74. The van der Waals surface area contributed by atoms with Crippen molar-refractivity contribution in [3.8, 4) is 0 Å². The molecule has 0 spiro atoms. The highest BCUT2D eigenvalue weighted by atomic mass is 32.2.